The molecule has 1 aromatic rings. The average molecular weight is 326 g/mol. The van der Waals surface area contributed by atoms with Crippen LogP contribution in [-0.4, -0.2) is 36.6 Å². The molecule has 0 aliphatic rings. The minimum atomic E-state index is -0.815. The van der Waals surface area contributed by atoms with Crippen LogP contribution in [0.5, 0.6) is 0 Å². The first-order valence-corrected chi connectivity index (χ1v) is 7.76. The number of nitrogens with one attached hydrogen (secondary N) is 1. The SMILES string of the molecule is COC(=O)[C@H](CSc1ccccc1N)NC(=O)OC(C)(C)C. The summed E-state index contributed by atoms with van der Waals surface area (Å²) < 4.78 is 9.86. The van der Waals surface area contributed by atoms with E-state index in [1.165, 1.54) is 18.9 Å². The molecule has 1 aromatic carbocycles. The lowest BCUT2D eigenvalue weighted by molar-refractivity contribution is -0.142. The predicted molar refractivity (Wildman–Crippen MR) is 86.8 cm³/mol. The average Bonchev–Trinajstić information content (AvgIpc) is 2.42. The zero-order valence-corrected chi connectivity index (χ0v) is 14.0. The first-order valence-electron chi connectivity index (χ1n) is 6.77. The number of methoxy groups -OCH3 is 1. The molecule has 0 heterocycles. The summed E-state index contributed by atoms with van der Waals surface area (Å²) in [6.45, 7) is 5.25. The Bertz CT molecular complexity index is 529. The topological polar surface area (TPSA) is 90.6 Å². The first kappa shape index (κ1) is 18.2. The summed E-state index contributed by atoms with van der Waals surface area (Å²) in [4.78, 5) is 24.4. The van der Waals surface area contributed by atoms with Crippen LogP contribution >= 0.6 is 11.8 Å². The van der Waals surface area contributed by atoms with Gasteiger partial charge in [0.1, 0.15) is 11.6 Å². The van der Waals surface area contributed by atoms with Gasteiger partial charge in [0.2, 0.25) is 0 Å². The number of nitrogen functional groups attached to an aromatic ring is 1. The highest BCUT2D eigenvalue weighted by Gasteiger charge is 2.25. The number of hydrogen-bond donors (Lipinski definition) is 2. The molecule has 6 nitrogen and oxygen atoms in total. The number of hydrogen-bond acceptors (Lipinski definition) is 6. The van der Waals surface area contributed by atoms with E-state index in [1.54, 1.807) is 26.8 Å². The number of rotatable bonds is 5. The van der Waals surface area contributed by atoms with E-state index in [2.05, 4.69) is 5.32 Å². The fourth-order valence-corrected chi connectivity index (χ4v) is 2.52. The molecule has 0 saturated carbocycles. The van der Waals surface area contributed by atoms with Crippen molar-refractivity contribution in [1.29, 1.82) is 0 Å². The summed E-state index contributed by atoms with van der Waals surface area (Å²) in [7, 11) is 1.27. The molecule has 22 heavy (non-hydrogen) atoms. The monoisotopic (exact) mass is 326 g/mol. The molecule has 1 amide bonds. The van der Waals surface area contributed by atoms with Gasteiger partial charge in [-0.15, -0.1) is 11.8 Å². The third-order valence-corrected chi connectivity index (χ3v) is 3.68. The normalized spacial score (nSPS) is 12.4. The van der Waals surface area contributed by atoms with Crippen LogP contribution in [0.1, 0.15) is 20.8 Å². The Morgan fingerprint density at radius 3 is 2.50 bits per heavy atom. The molecule has 1 rings (SSSR count). The minimum Gasteiger partial charge on any atom is -0.467 e. The number of esters is 1. The van der Waals surface area contributed by atoms with Crippen LogP contribution in [0.4, 0.5) is 10.5 Å². The van der Waals surface area contributed by atoms with E-state index in [9.17, 15) is 9.59 Å². The molecule has 1 atom stereocenters. The van der Waals surface area contributed by atoms with Crippen LogP contribution in [0.25, 0.3) is 0 Å². The second-order valence-electron chi connectivity index (χ2n) is 5.57. The van der Waals surface area contributed by atoms with Gasteiger partial charge in [-0.3, -0.25) is 0 Å². The molecule has 0 radical (unpaired) electrons. The number of benzene rings is 1. The predicted octanol–water partition coefficient (Wildman–Crippen LogP) is 2.43. The summed E-state index contributed by atoms with van der Waals surface area (Å²) in [5, 5.41) is 2.52. The number of nitrogens with two attached hydrogens (primary N) is 1. The van der Waals surface area contributed by atoms with Crippen molar-refractivity contribution in [2.45, 2.75) is 37.3 Å². The highest BCUT2D eigenvalue weighted by Crippen LogP contribution is 2.25. The molecular weight excluding hydrogens is 304 g/mol. The van der Waals surface area contributed by atoms with Crippen LogP contribution in [0.2, 0.25) is 0 Å². The maximum absolute atomic E-state index is 11.8. The highest BCUT2D eigenvalue weighted by atomic mass is 32.2. The first-order chi connectivity index (χ1) is 10.2. The van der Waals surface area contributed by atoms with Gasteiger partial charge in [-0.05, 0) is 32.9 Å². The van der Waals surface area contributed by atoms with Gasteiger partial charge in [-0.2, -0.15) is 0 Å². The lowest BCUT2D eigenvalue weighted by Gasteiger charge is -2.22. The van der Waals surface area contributed by atoms with E-state index in [-0.39, 0.29) is 0 Å². The highest BCUT2D eigenvalue weighted by molar-refractivity contribution is 7.99. The standard InChI is InChI=1S/C15H22N2O4S/c1-15(2,3)21-14(19)17-11(13(18)20-4)9-22-12-8-6-5-7-10(12)16/h5-8,11H,9,16H2,1-4H3,(H,17,19)/t11-/m0/s1. The van der Waals surface area contributed by atoms with Crippen molar-refractivity contribution in [1.82, 2.24) is 5.32 Å². The Hall–Kier alpha value is -1.89. The summed E-state index contributed by atoms with van der Waals surface area (Å²) >= 11 is 1.36. The Kier molecular flexibility index (Phi) is 6.55. The van der Waals surface area contributed by atoms with Gasteiger partial charge in [0.05, 0.1) is 7.11 Å². The Morgan fingerprint density at radius 2 is 1.95 bits per heavy atom. The minimum absolute atomic E-state index is 0.292. The number of carbonyl (C=O) groups excluding carboxylic acids is 2. The summed E-state index contributed by atoms with van der Waals surface area (Å²) in [6, 6.07) is 6.49. The van der Waals surface area contributed by atoms with Crippen molar-refractivity contribution in [3.05, 3.63) is 24.3 Å². The van der Waals surface area contributed by atoms with E-state index < -0.39 is 23.7 Å². The second-order valence-corrected chi connectivity index (χ2v) is 6.63. The smallest absolute Gasteiger partial charge is 0.408 e. The maximum atomic E-state index is 11.8. The molecular formula is C15H22N2O4S. The molecule has 0 aliphatic heterocycles. The molecule has 0 unspecified atom stereocenters. The zero-order chi connectivity index (χ0) is 16.8. The van der Waals surface area contributed by atoms with E-state index in [0.29, 0.717) is 11.4 Å². The molecule has 0 spiro atoms. The van der Waals surface area contributed by atoms with Gasteiger partial charge in [-0.1, -0.05) is 12.1 Å². The quantitative estimate of drug-likeness (QED) is 0.490. The molecule has 7 heteroatoms. The van der Waals surface area contributed by atoms with E-state index in [4.69, 9.17) is 15.2 Å². The molecule has 0 aromatic heterocycles. The molecule has 0 saturated heterocycles. The summed E-state index contributed by atoms with van der Waals surface area (Å²) in [5.74, 6) is -0.243. The maximum Gasteiger partial charge on any atom is 0.408 e. The van der Waals surface area contributed by atoms with Crippen molar-refractivity contribution in [2.75, 3.05) is 18.6 Å². The number of anilines is 1. The van der Waals surface area contributed by atoms with Gasteiger partial charge in [0, 0.05) is 16.3 Å². The summed E-state index contributed by atoms with van der Waals surface area (Å²) in [5.41, 5.74) is 5.83. The van der Waals surface area contributed by atoms with E-state index >= 15 is 0 Å². The van der Waals surface area contributed by atoms with Crippen molar-refractivity contribution >= 4 is 29.5 Å². The van der Waals surface area contributed by atoms with Crippen molar-refractivity contribution < 1.29 is 19.1 Å². The molecule has 122 valence electrons. The largest absolute Gasteiger partial charge is 0.467 e. The lowest BCUT2D eigenvalue weighted by Crippen LogP contribution is -2.45. The molecule has 0 aliphatic carbocycles. The third-order valence-electron chi connectivity index (χ3n) is 2.50. The fraction of sp³-hybridized carbons (Fsp3) is 0.467. The fourth-order valence-electron chi connectivity index (χ4n) is 1.55. The van der Waals surface area contributed by atoms with Crippen molar-refractivity contribution in [2.24, 2.45) is 0 Å². The van der Waals surface area contributed by atoms with Crippen LogP contribution in [0.15, 0.2) is 29.2 Å². The molecule has 3 N–H and O–H groups in total. The lowest BCUT2D eigenvalue weighted by atomic mass is 10.2. The van der Waals surface area contributed by atoms with Crippen LogP contribution in [0, 0.1) is 0 Å². The van der Waals surface area contributed by atoms with Gasteiger partial charge >= 0.3 is 12.1 Å². The zero-order valence-electron chi connectivity index (χ0n) is 13.2. The van der Waals surface area contributed by atoms with Crippen molar-refractivity contribution in [3.8, 4) is 0 Å². The number of ether oxygens (including phenoxy) is 2. The van der Waals surface area contributed by atoms with Gasteiger partial charge in [-0.25, -0.2) is 9.59 Å². The van der Waals surface area contributed by atoms with E-state index in [0.717, 1.165) is 4.90 Å². The second kappa shape index (κ2) is 7.93. The Labute approximate surface area is 134 Å². The number of carbonyl (C=O) groups is 2. The Morgan fingerprint density at radius 1 is 1.32 bits per heavy atom. The third kappa shape index (κ3) is 6.26. The van der Waals surface area contributed by atoms with Gasteiger partial charge in [0.25, 0.3) is 0 Å². The van der Waals surface area contributed by atoms with Crippen LogP contribution in [-0.2, 0) is 14.3 Å². The number of amides is 1. The molecule has 0 fully saturated rings. The number of alkyl carbamates (subject to hydrolysis) is 1. The summed E-state index contributed by atoms with van der Waals surface area (Å²) in [6.07, 6.45) is -0.662. The van der Waals surface area contributed by atoms with E-state index in [1.807, 2.05) is 18.2 Å². The number of thioether (sulfide) groups is 1. The van der Waals surface area contributed by atoms with Gasteiger partial charge in [0.15, 0.2) is 0 Å². The molecule has 0 bridgehead atoms. The van der Waals surface area contributed by atoms with Crippen LogP contribution in [0.3, 0.4) is 0 Å². The Balaban J connectivity index is 2.67. The number of para-hydroxylation sites is 1. The van der Waals surface area contributed by atoms with Crippen LogP contribution < -0.4 is 11.1 Å². The van der Waals surface area contributed by atoms with Crippen molar-refractivity contribution in [3.63, 3.8) is 0 Å². The van der Waals surface area contributed by atoms with Gasteiger partial charge < -0.3 is 20.5 Å².